The number of hydrogen-bond acceptors (Lipinski definition) is 4. The summed E-state index contributed by atoms with van der Waals surface area (Å²) in [5.74, 6) is -1.13. The van der Waals surface area contributed by atoms with Gasteiger partial charge in [-0.05, 0) is 52.2 Å². The van der Waals surface area contributed by atoms with Crippen molar-refractivity contribution in [2.75, 3.05) is 13.7 Å². The number of esters is 1. The summed E-state index contributed by atoms with van der Waals surface area (Å²) in [6, 6.07) is 5.36. The number of rotatable bonds is 5. The van der Waals surface area contributed by atoms with Gasteiger partial charge in [-0.15, -0.1) is 0 Å². The SMILES string of the molecule is COC(=O)c1cc(Cl)c2nc(Cc3cc(F)c(Br)cc3F)n(C[C@@H]3CCO3)c2c1. The first-order chi connectivity index (χ1) is 13.9. The summed E-state index contributed by atoms with van der Waals surface area (Å²) < 4.78 is 40.6. The number of halogens is 4. The number of fused-ring (bicyclic) bond motifs is 1. The molecule has 1 aliphatic rings. The highest BCUT2D eigenvalue weighted by molar-refractivity contribution is 9.10. The molecule has 5 nitrogen and oxygen atoms in total. The van der Waals surface area contributed by atoms with Crippen molar-refractivity contribution in [1.29, 1.82) is 0 Å². The highest BCUT2D eigenvalue weighted by atomic mass is 79.9. The van der Waals surface area contributed by atoms with Gasteiger partial charge < -0.3 is 14.0 Å². The minimum absolute atomic E-state index is 0.0155. The Labute approximate surface area is 178 Å². The normalized spacial score (nSPS) is 16.1. The van der Waals surface area contributed by atoms with E-state index in [1.165, 1.54) is 13.2 Å². The average molecular weight is 486 g/mol. The van der Waals surface area contributed by atoms with E-state index in [9.17, 15) is 13.6 Å². The number of aromatic nitrogens is 2. The van der Waals surface area contributed by atoms with Gasteiger partial charge in [-0.3, -0.25) is 0 Å². The van der Waals surface area contributed by atoms with Crippen LogP contribution in [0.3, 0.4) is 0 Å². The van der Waals surface area contributed by atoms with Crippen LogP contribution in [0.1, 0.15) is 28.2 Å². The van der Waals surface area contributed by atoms with Crippen LogP contribution in [0.5, 0.6) is 0 Å². The van der Waals surface area contributed by atoms with Crippen LogP contribution < -0.4 is 0 Å². The van der Waals surface area contributed by atoms with Gasteiger partial charge in [-0.2, -0.15) is 0 Å². The molecular weight excluding hydrogens is 470 g/mol. The highest BCUT2D eigenvalue weighted by Crippen LogP contribution is 2.30. The van der Waals surface area contributed by atoms with Gasteiger partial charge in [0.1, 0.15) is 23.0 Å². The van der Waals surface area contributed by atoms with Crippen LogP contribution in [0.25, 0.3) is 11.0 Å². The fourth-order valence-electron chi connectivity index (χ4n) is 3.31. The van der Waals surface area contributed by atoms with Crippen LogP contribution in [0.2, 0.25) is 5.02 Å². The zero-order chi connectivity index (χ0) is 20.7. The zero-order valence-corrected chi connectivity index (χ0v) is 17.7. The molecule has 152 valence electrons. The van der Waals surface area contributed by atoms with Crippen LogP contribution in [0, 0.1) is 11.6 Å². The molecule has 1 fully saturated rings. The van der Waals surface area contributed by atoms with E-state index in [2.05, 4.69) is 20.9 Å². The molecule has 0 aliphatic carbocycles. The van der Waals surface area contributed by atoms with Gasteiger partial charge in [0.15, 0.2) is 0 Å². The van der Waals surface area contributed by atoms with Crippen molar-refractivity contribution in [2.24, 2.45) is 0 Å². The summed E-state index contributed by atoms with van der Waals surface area (Å²) >= 11 is 9.34. The van der Waals surface area contributed by atoms with E-state index in [4.69, 9.17) is 21.1 Å². The predicted molar refractivity (Wildman–Crippen MR) is 107 cm³/mol. The first-order valence-electron chi connectivity index (χ1n) is 8.89. The second-order valence-electron chi connectivity index (χ2n) is 6.77. The van der Waals surface area contributed by atoms with Gasteiger partial charge in [0.25, 0.3) is 0 Å². The number of benzene rings is 2. The lowest BCUT2D eigenvalue weighted by Gasteiger charge is -2.27. The van der Waals surface area contributed by atoms with Crippen molar-refractivity contribution in [2.45, 2.75) is 25.5 Å². The Morgan fingerprint density at radius 2 is 2.10 bits per heavy atom. The molecule has 0 bridgehead atoms. The predicted octanol–water partition coefficient (Wildman–Crippen LogP) is 4.90. The molecule has 3 aromatic rings. The van der Waals surface area contributed by atoms with Crippen LogP contribution in [-0.4, -0.2) is 35.3 Å². The molecule has 2 aromatic carbocycles. The second kappa shape index (κ2) is 8.01. The fraction of sp³-hybridized carbons (Fsp3) is 0.300. The lowest BCUT2D eigenvalue weighted by atomic mass is 10.1. The summed E-state index contributed by atoms with van der Waals surface area (Å²) in [6.45, 7) is 1.14. The maximum absolute atomic E-state index is 14.4. The third kappa shape index (κ3) is 3.89. The topological polar surface area (TPSA) is 53.3 Å². The first kappa shape index (κ1) is 20.3. The average Bonchev–Trinajstić information content (AvgIpc) is 2.99. The molecule has 0 N–H and O–H groups in total. The molecule has 0 spiro atoms. The maximum Gasteiger partial charge on any atom is 0.337 e. The standard InChI is InChI=1S/C20H16BrClF2N2O3/c1-28-20(27)11-4-14(22)19-17(6-11)26(9-12-2-3-29-12)18(25-19)7-10-5-16(24)13(21)8-15(10)23/h4-6,8,12H,2-3,7,9H2,1H3/t12-/m0/s1. The summed E-state index contributed by atoms with van der Waals surface area (Å²) in [4.78, 5) is 16.6. The van der Waals surface area contributed by atoms with E-state index < -0.39 is 17.6 Å². The van der Waals surface area contributed by atoms with Gasteiger partial charge >= 0.3 is 5.97 Å². The number of hydrogen-bond donors (Lipinski definition) is 0. The molecule has 0 radical (unpaired) electrons. The van der Waals surface area contributed by atoms with E-state index in [-0.39, 0.29) is 33.1 Å². The van der Waals surface area contributed by atoms with Crippen LogP contribution in [0.4, 0.5) is 8.78 Å². The van der Waals surface area contributed by atoms with Gasteiger partial charge in [0.2, 0.25) is 0 Å². The molecule has 2 heterocycles. The Morgan fingerprint density at radius 1 is 1.34 bits per heavy atom. The van der Waals surface area contributed by atoms with E-state index in [0.717, 1.165) is 18.6 Å². The molecule has 1 aliphatic heterocycles. The molecule has 9 heteroatoms. The third-order valence-corrected chi connectivity index (χ3v) is 5.82. The van der Waals surface area contributed by atoms with Crippen molar-refractivity contribution in [3.8, 4) is 0 Å². The Hall–Kier alpha value is -2.03. The number of carbonyl (C=O) groups excluding carboxylic acids is 1. The van der Waals surface area contributed by atoms with E-state index in [1.807, 2.05) is 4.57 Å². The highest BCUT2D eigenvalue weighted by Gasteiger charge is 2.24. The molecule has 4 rings (SSSR count). The molecule has 0 amide bonds. The summed E-state index contributed by atoms with van der Waals surface area (Å²) in [5.41, 5.74) is 1.54. The van der Waals surface area contributed by atoms with Gasteiger partial charge in [-0.1, -0.05) is 11.6 Å². The van der Waals surface area contributed by atoms with Crippen LogP contribution in [0.15, 0.2) is 28.7 Å². The minimum atomic E-state index is -0.558. The van der Waals surface area contributed by atoms with Crippen LogP contribution >= 0.6 is 27.5 Å². The van der Waals surface area contributed by atoms with Crippen molar-refractivity contribution in [3.63, 3.8) is 0 Å². The summed E-state index contributed by atoms with van der Waals surface area (Å²) in [5, 5.41) is 0.278. The number of ether oxygens (including phenoxy) is 2. The molecule has 0 saturated carbocycles. The fourth-order valence-corrected chi connectivity index (χ4v) is 3.88. The third-order valence-electron chi connectivity index (χ3n) is 4.93. The van der Waals surface area contributed by atoms with Gasteiger partial charge in [0.05, 0.1) is 40.3 Å². The molecule has 1 aromatic heterocycles. The van der Waals surface area contributed by atoms with Crippen molar-refractivity contribution >= 4 is 44.5 Å². The Balaban J connectivity index is 1.84. The quantitative estimate of drug-likeness (QED) is 0.381. The van der Waals surface area contributed by atoms with Gasteiger partial charge in [-0.25, -0.2) is 18.6 Å². The minimum Gasteiger partial charge on any atom is -0.465 e. The molecule has 29 heavy (non-hydrogen) atoms. The Kier molecular flexibility index (Phi) is 5.59. The van der Waals surface area contributed by atoms with Crippen molar-refractivity contribution in [1.82, 2.24) is 9.55 Å². The molecular formula is C20H16BrClF2N2O3. The summed E-state index contributed by atoms with van der Waals surface area (Å²) in [6.07, 6.45) is 0.921. The first-order valence-corrected chi connectivity index (χ1v) is 10.1. The lowest BCUT2D eigenvalue weighted by Crippen LogP contribution is -2.31. The van der Waals surface area contributed by atoms with E-state index in [1.54, 1.807) is 6.07 Å². The largest absolute Gasteiger partial charge is 0.465 e. The van der Waals surface area contributed by atoms with Crippen molar-refractivity contribution < 1.29 is 23.0 Å². The zero-order valence-electron chi connectivity index (χ0n) is 15.3. The van der Waals surface area contributed by atoms with E-state index >= 15 is 0 Å². The maximum atomic E-state index is 14.4. The number of imidazole rings is 1. The smallest absolute Gasteiger partial charge is 0.337 e. The van der Waals surface area contributed by atoms with Crippen molar-refractivity contribution in [3.05, 3.63) is 62.3 Å². The molecule has 1 saturated heterocycles. The van der Waals surface area contributed by atoms with Crippen LogP contribution in [-0.2, 0) is 22.4 Å². The van der Waals surface area contributed by atoms with Gasteiger partial charge in [0, 0.05) is 13.0 Å². The number of carbonyl (C=O) groups is 1. The lowest BCUT2D eigenvalue weighted by molar-refractivity contribution is -0.0589. The molecule has 0 unspecified atom stereocenters. The second-order valence-corrected chi connectivity index (χ2v) is 8.03. The Morgan fingerprint density at radius 3 is 2.76 bits per heavy atom. The Bertz CT molecular complexity index is 1120. The van der Waals surface area contributed by atoms with E-state index in [0.29, 0.717) is 30.0 Å². The molecule has 1 atom stereocenters. The number of methoxy groups -OCH3 is 1. The summed E-state index contributed by atoms with van der Waals surface area (Å²) in [7, 11) is 1.29. The number of nitrogens with zero attached hydrogens (tertiary/aromatic N) is 2. The monoisotopic (exact) mass is 484 g/mol.